The van der Waals surface area contributed by atoms with Crippen LogP contribution in [-0.2, 0) is 0 Å². The molecule has 3 unspecified atom stereocenters. The summed E-state index contributed by atoms with van der Waals surface area (Å²) in [6.07, 6.45) is 10.2. The van der Waals surface area contributed by atoms with Crippen LogP contribution in [0.4, 0.5) is 0 Å². The highest BCUT2D eigenvalue weighted by atomic mass is 14.3. The Bertz CT molecular complexity index is 157. The predicted molar refractivity (Wildman–Crippen MR) is 69.0 cm³/mol. The summed E-state index contributed by atoms with van der Waals surface area (Å²) in [5.74, 6) is 3.89. The van der Waals surface area contributed by atoms with Crippen molar-refractivity contribution in [3.8, 4) is 0 Å². The van der Waals surface area contributed by atoms with E-state index in [4.69, 9.17) is 0 Å². The average molecular weight is 210 g/mol. The van der Waals surface area contributed by atoms with E-state index >= 15 is 0 Å². The van der Waals surface area contributed by atoms with Crippen molar-refractivity contribution in [2.75, 3.05) is 0 Å². The first-order chi connectivity index (χ1) is 7.15. The first kappa shape index (κ1) is 13.1. The van der Waals surface area contributed by atoms with Crippen molar-refractivity contribution in [1.29, 1.82) is 0 Å². The Balaban J connectivity index is 2.20. The summed E-state index contributed by atoms with van der Waals surface area (Å²) < 4.78 is 0. The SMILES string of the molecule is CCCCC(C)C(C)C(C)CC1CCC1. The predicted octanol–water partition coefficient (Wildman–Crippen LogP) is 5.28. The van der Waals surface area contributed by atoms with Crippen LogP contribution in [0.3, 0.4) is 0 Å². The fraction of sp³-hybridized carbons (Fsp3) is 1.00. The van der Waals surface area contributed by atoms with Crippen LogP contribution < -0.4 is 0 Å². The molecule has 0 saturated heterocycles. The molecular formula is C15H30. The molecule has 0 aromatic rings. The molecule has 90 valence electrons. The van der Waals surface area contributed by atoms with E-state index in [1.807, 2.05) is 0 Å². The summed E-state index contributed by atoms with van der Waals surface area (Å²) in [7, 11) is 0. The van der Waals surface area contributed by atoms with Crippen LogP contribution in [0.2, 0.25) is 0 Å². The zero-order chi connectivity index (χ0) is 11.3. The molecule has 0 radical (unpaired) electrons. The van der Waals surface area contributed by atoms with E-state index in [-0.39, 0.29) is 0 Å². The molecule has 1 aliphatic rings. The van der Waals surface area contributed by atoms with Gasteiger partial charge in [0.25, 0.3) is 0 Å². The zero-order valence-corrected chi connectivity index (χ0v) is 11.3. The number of unbranched alkanes of at least 4 members (excludes halogenated alkanes) is 1. The quantitative estimate of drug-likeness (QED) is 0.536. The van der Waals surface area contributed by atoms with E-state index in [2.05, 4.69) is 27.7 Å². The Hall–Kier alpha value is 0. The first-order valence-corrected chi connectivity index (χ1v) is 7.15. The highest BCUT2D eigenvalue weighted by Gasteiger charge is 2.25. The fourth-order valence-corrected chi connectivity index (χ4v) is 2.82. The van der Waals surface area contributed by atoms with Crippen molar-refractivity contribution in [2.45, 2.75) is 72.6 Å². The van der Waals surface area contributed by atoms with Gasteiger partial charge in [-0.15, -0.1) is 0 Å². The Labute approximate surface area is 96.8 Å². The maximum absolute atomic E-state index is 2.48. The molecule has 0 bridgehead atoms. The van der Waals surface area contributed by atoms with Crippen molar-refractivity contribution in [3.05, 3.63) is 0 Å². The zero-order valence-electron chi connectivity index (χ0n) is 11.3. The summed E-state index contributed by atoms with van der Waals surface area (Å²) in [6.45, 7) is 9.71. The standard InChI is InChI=1S/C15H30/c1-5-6-8-12(2)14(4)13(3)11-15-9-7-10-15/h12-15H,5-11H2,1-4H3. The molecule has 0 amide bonds. The third-order valence-corrected chi connectivity index (χ3v) is 4.74. The van der Waals surface area contributed by atoms with Gasteiger partial charge in [0.15, 0.2) is 0 Å². The summed E-state index contributed by atoms with van der Waals surface area (Å²) in [5, 5.41) is 0. The van der Waals surface area contributed by atoms with Crippen LogP contribution in [0, 0.1) is 23.7 Å². The lowest BCUT2D eigenvalue weighted by Crippen LogP contribution is -2.22. The largest absolute Gasteiger partial charge is 0.0654 e. The molecule has 1 aliphatic carbocycles. The van der Waals surface area contributed by atoms with Gasteiger partial charge >= 0.3 is 0 Å². The van der Waals surface area contributed by atoms with Gasteiger partial charge in [-0.2, -0.15) is 0 Å². The second-order valence-corrected chi connectivity index (χ2v) is 5.99. The van der Waals surface area contributed by atoms with Crippen LogP contribution in [0.25, 0.3) is 0 Å². The summed E-state index contributed by atoms with van der Waals surface area (Å²) in [5.41, 5.74) is 0. The minimum absolute atomic E-state index is 0.928. The molecule has 0 aliphatic heterocycles. The molecule has 0 heteroatoms. The monoisotopic (exact) mass is 210 g/mol. The van der Waals surface area contributed by atoms with Crippen molar-refractivity contribution in [3.63, 3.8) is 0 Å². The molecule has 0 aromatic heterocycles. The van der Waals surface area contributed by atoms with E-state index in [1.54, 1.807) is 0 Å². The fourth-order valence-electron chi connectivity index (χ4n) is 2.82. The Morgan fingerprint density at radius 1 is 1.07 bits per heavy atom. The van der Waals surface area contributed by atoms with Crippen LogP contribution >= 0.6 is 0 Å². The minimum atomic E-state index is 0.928. The number of rotatable bonds is 7. The third kappa shape index (κ3) is 4.17. The van der Waals surface area contributed by atoms with E-state index in [1.165, 1.54) is 44.9 Å². The second-order valence-electron chi connectivity index (χ2n) is 5.99. The van der Waals surface area contributed by atoms with Crippen molar-refractivity contribution in [1.82, 2.24) is 0 Å². The summed E-state index contributed by atoms with van der Waals surface area (Å²) in [4.78, 5) is 0. The molecule has 0 N–H and O–H groups in total. The van der Waals surface area contributed by atoms with Gasteiger partial charge in [0.2, 0.25) is 0 Å². The van der Waals surface area contributed by atoms with Gasteiger partial charge < -0.3 is 0 Å². The van der Waals surface area contributed by atoms with Crippen LogP contribution in [0.1, 0.15) is 72.6 Å². The van der Waals surface area contributed by atoms with Crippen molar-refractivity contribution < 1.29 is 0 Å². The topological polar surface area (TPSA) is 0 Å². The highest BCUT2D eigenvalue weighted by molar-refractivity contribution is 4.76. The summed E-state index contributed by atoms with van der Waals surface area (Å²) in [6, 6.07) is 0. The molecule has 1 fully saturated rings. The molecule has 1 saturated carbocycles. The molecule has 1 rings (SSSR count). The molecular weight excluding hydrogens is 180 g/mol. The van der Waals surface area contributed by atoms with Crippen molar-refractivity contribution in [2.24, 2.45) is 23.7 Å². The van der Waals surface area contributed by atoms with Gasteiger partial charge in [0, 0.05) is 0 Å². The minimum Gasteiger partial charge on any atom is -0.0654 e. The molecule has 0 spiro atoms. The smallest absolute Gasteiger partial charge is 0.0391 e. The van der Waals surface area contributed by atoms with E-state index in [9.17, 15) is 0 Å². The van der Waals surface area contributed by atoms with E-state index in [0.29, 0.717) is 0 Å². The summed E-state index contributed by atoms with van der Waals surface area (Å²) >= 11 is 0. The Morgan fingerprint density at radius 3 is 2.20 bits per heavy atom. The molecule has 0 nitrogen and oxygen atoms in total. The molecule has 0 aromatic carbocycles. The van der Waals surface area contributed by atoms with Crippen LogP contribution in [0.15, 0.2) is 0 Å². The normalized spacial score (nSPS) is 23.2. The molecule has 0 heterocycles. The maximum atomic E-state index is 2.48. The van der Waals surface area contributed by atoms with Gasteiger partial charge in [-0.1, -0.05) is 66.2 Å². The molecule has 15 heavy (non-hydrogen) atoms. The maximum Gasteiger partial charge on any atom is -0.0391 e. The van der Waals surface area contributed by atoms with Gasteiger partial charge in [0.1, 0.15) is 0 Å². The van der Waals surface area contributed by atoms with Gasteiger partial charge in [-0.3, -0.25) is 0 Å². The van der Waals surface area contributed by atoms with Gasteiger partial charge in [0.05, 0.1) is 0 Å². The van der Waals surface area contributed by atoms with E-state index < -0.39 is 0 Å². The number of hydrogen-bond donors (Lipinski definition) is 0. The van der Waals surface area contributed by atoms with Gasteiger partial charge in [-0.25, -0.2) is 0 Å². The lowest BCUT2D eigenvalue weighted by Gasteiger charge is -2.33. The lowest BCUT2D eigenvalue weighted by atomic mass is 9.73. The average Bonchev–Trinajstić information content (AvgIpc) is 2.18. The highest BCUT2D eigenvalue weighted by Crippen LogP contribution is 2.36. The third-order valence-electron chi connectivity index (χ3n) is 4.74. The van der Waals surface area contributed by atoms with Gasteiger partial charge in [-0.05, 0) is 30.1 Å². The van der Waals surface area contributed by atoms with E-state index in [0.717, 1.165) is 23.7 Å². The number of hydrogen-bond acceptors (Lipinski definition) is 0. The van der Waals surface area contributed by atoms with Crippen molar-refractivity contribution >= 4 is 0 Å². The Kier molecular flexibility index (Phi) is 5.71. The Morgan fingerprint density at radius 2 is 1.73 bits per heavy atom. The second kappa shape index (κ2) is 6.55. The van der Waals surface area contributed by atoms with Crippen LogP contribution in [-0.4, -0.2) is 0 Å². The molecule has 3 atom stereocenters. The van der Waals surface area contributed by atoms with Crippen LogP contribution in [0.5, 0.6) is 0 Å². The lowest BCUT2D eigenvalue weighted by molar-refractivity contribution is 0.183. The first-order valence-electron chi connectivity index (χ1n) is 7.15.